The molecular weight excluding hydrogens is 374 g/mol. The van der Waals surface area contributed by atoms with E-state index in [1.807, 2.05) is 23.9 Å². The molecule has 0 saturated carbocycles. The van der Waals surface area contributed by atoms with Gasteiger partial charge in [-0.2, -0.15) is 11.8 Å². The van der Waals surface area contributed by atoms with E-state index in [-0.39, 0.29) is 5.41 Å². The molecule has 1 fully saturated rings. The number of aryl methyl sites for hydroxylation is 2. The lowest BCUT2D eigenvalue weighted by atomic mass is 9.70. The average molecular weight is 410 g/mol. The minimum absolute atomic E-state index is 0.00966. The van der Waals surface area contributed by atoms with E-state index in [1.54, 1.807) is 0 Å². The second-order valence-electron chi connectivity index (χ2n) is 8.48. The smallest absolute Gasteiger partial charge is 0.0846 e. The molecule has 0 aliphatic carbocycles. The second-order valence-corrected chi connectivity index (χ2v) is 9.71. The van der Waals surface area contributed by atoms with Crippen molar-refractivity contribution >= 4 is 23.5 Å². The van der Waals surface area contributed by atoms with Crippen molar-refractivity contribution in [1.29, 1.82) is 0 Å². The summed E-state index contributed by atoms with van der Waals surface area (Å²) in [7, 11) is 0. The molecule has 2 aromatic carbocycles. The largest absolute Gasteiger partial charge is 0.399 e. The van der Waals surface area contributed by atoms with Crippen LogP contribution in [0.5, 0.6) is 0 Å². The molecule has 0 bridgehead atoms. The van der Waals surface area contributed by atoms with Crippen molar-refractivity contribution < 1.29 is 5.11 Å². The molecule has 2 aromatic rings. The Kier molecular flexibility index (Phi) is 6.80. The summed E-state index contributed by atoms with van der Waals surface area (Å²) in [5.74, 6) is 2.07. The Balaban J connectivity index is 1.95. The molecule has 1 aliphatic rings. The molecule has 3 N–H and O–H groups in total. The summed E-state index contributed by atoms with van der Waals surface area (Å²) in [6.07, 6.45) is 7.90. The molecule has 0 unspecified atom stereocenters. The summed E-state index contributed by atoms with van der Waals surface area (Å²) in [6.45, 7) is 8.81. The van der Waals surface area contributed by atoms with Crippen LogP contribution in [0.2, 0.25) is 0 Å². The predicted molar refractivity (Wildman–Crippen MR) is 129 cm³/mol. The van der Waals surface area contributed by atoms with Crippen LogP contribution < -0.4 is 5.73 Å². The molecule has 0 radical (unpaired) electrons. The van der Waals surface area contributed by atoms with Gasteiger partial charge in [-0.25, -0.2) is 0 Å². The summed E-state index contributed by atoms with van der Waals surface area (Å²) in [5, 5.41) is 10.8. The molecule has 2 nitrogen and oxygen atoms in total. The van der Waals surface area contributed by atoms with Crippen LogP contribution in [0.1, 0.15) is 67.3 Å². The molecule has 29 heavy (non-hydrogen) atoms. The first-order valence-electron chi connectivity index (χ1n) is 10.8. The lowest BCUT2D eigenvalue weighted by Crippen LogP contribution is -2.30. The van der Waals surface area contributed by atoms with E-state index in [9.17, 15) is 5.11 Å². The van der Waals surface area contributed by atoms with Gasteiger partial charge in [0.25, 0.3) is 0 Å². The summed E-state index contributed by atoms with van der Waals surface area (Å²) in [6, 6.07) is 13.3. The maximum atomic E-state index is 10.8. The molecule has 3 rings (SSSR count). The number of aliphatic hydroxyl groups is 1. The number of nitrogen functional groups attached to an aromatic ring is 1. The third-order valence-electron chi connectivity index (χ3n) is 6.78. The van der Waals surface area contributed by atoms with Crippen LogP contribution in [0.4, 0.5) is 5.69 Å². The maximum absolute atomic E-state index is 10.8. The minimum Gasteiger partial charge on any atom is -0.399 e. The fraction of sp³-hybridized carbons (Fsp3) is 0.462. The third kappa shape index (κ3) is 4.57. The van der Waals surface area contributed by atoms with E-state index in [1.165, 1.54) is 22.3 Å². The van der Waals surface area contributed by atoms with Crippen molar-refractivity contribution in [3.63, 3.8) is 0 Å². The highest BCUT2D eigenvalue weighted by atomic mass is 32.2. The normalized spacial score (nSPS) is 17.0. The molecule has 0 aromatic heterocycles. The number of hydrogen-bond acceptors (Lipinski definition) is 3. The van der Waals surface area contributed by atoms with E-state index in [2.05, 4.69) is 64.1 Å². The van der Waals surface area contributed by atoms with Crippen LogP contribution >= 0.6 is 11.8 Å². The van der Waals surface area contributed by atoms with Crippen molar-refractivity contribution in [3.05, 3.63) is 70.3 Å². The van der Waals surface area contributed by atoms with E-state index >= 15 is 0 Å². The number of anilines is 1. The van der Waals surface area contributed by atoms with Gasteiger partial charge in [0.15, 0.2) is 0 Å². The zero-order chi connectivity index (χ0) is 21.1. The van der Waals surface area contributed by atoms with Gasteiger partial charge in [0.2, 0.25) is 0 Å². The van der Waals surface area contributed by atoms with Crippen molar-refractivity contribution in [3.8, 4) is 0 Å². The second kappa shape index (κ2) is 8.97. The molecular formula is C26H35NOS. The number of rotatable bonds is 6. The number of hydrogen-bond donors (Lipinski definition) is 2. The Morgan fingerprint density at radius 3 is 2.14 bits per heavy atom. The van der Waals surface area contributed by atoms with Gasteiger partial charge in [0.1, 0.15) is 0 Å². The van der Waals surface area contributed by atoms with Crippen LogP contribution in [-0.4, -0.2) is 22.2 Å². The first-order chi connectivity index (χ1) is 13.8. The zero-order valence-electron chi connectivity index (χ0n) is 18.3. The molecule has 0 amide bonds. The number of nitrogens with two attached hydrogens (primary N) is 1. The summed E-state index contributed by atoms with van der Waals surface area (Å²) in [5.41, 5.74) is 12.6. The molecule has 156 valence electrons. The van der Waals surface area contributed by atoms with Crippen LogP contribution in [0, 0.1) is 13.8 Å². The van der Waals surface area contributed by atoms with Crippen LogP contribution in [0.15, 0.2) is 42.5 Å². The Morgan fingerprint density at radius 1 is 1.00 bits per heavy atom. The van der Waals surface area contributed by atoms with Crippen molar-refractivity contribution in [1.82, 2.24) is 0 Å². The van der Waals surface area contributed by atoms with Gasteiger partial charge >= 0.3 is 0 Å². The first kappa shape index (κ1) is 22.0. The fourth-order valence-electron chi connectivity index (χ4n) is 4.50. The monoisotopic (exact) mass is 409 g/mol. The molecule has 1 aliphatic heterocycles. The molecule has 1 heterocycles. The summed E-state index contributed by atoms with van der Waals surface area (Å²) >= 11 is 1.93. The Labute approximate surface area is 180 Å². The van der Waals surface area contributed by atoms with Gasteiger partial charge in [0.05, 0.1) is 5.60 Å². The SMILES string of the molecule is CCC(CC)(c1ccc(N)c(C)c1)c1ccc(/C=C/C2(O)CCSCC2)c(C)c1. The zero-order valence-corrected chi connectivity index (χ0v) is 19.1. The number of benzene rings is 2. The lowest BCUT2D eigenvalue weighted by Gasteiger charge is -2.34. The van der Waals surface area contributed by atoms with Gasteiger partial charge in [-0.05, 0) is 84.9 Å². The van der Waals surface area contributed by atoms with Crippen molar-refractivity contribution in [2.75, 3.05) is 17.2 Å². The molecule has 3 heteroatoms. The first-order valence-corrected chi connectivity index (χ1v) is 12.0. The van der Waals surface area contributed by atoms with Crippen molar-refractivity contribution in [2.24, 2.45) is 0 Å². The van der Waals surface area contributed by atoms with E-state index in [0.29, 0.717) is 0 Å². The standard InChI is InChI=1S/C26H35NOS/c1-5-26(6-2,23-9-10-24(27)20(4)18-23)22-8-7-21(19(3)17-22)11-12-25(28)13-15-29-16-14-25/h7-12,17-18,28H,5-6,13-16,27H2,1-4H3/b12-11+. The summed E-state index contributed by atoms with van der Waals surface area (Å²) < 4.78 is 0. The summed E-state index contributed by atoms with van der Waals surface area (Å²) in [4.78, 5) is 0. The highest BCUT2D eigenvalue weighted by molar-refractivity contribution is 7.99. The topological polar surface area (TPSA) is 46.2 Å². The molecule has 0 atom stereocenters. The maximum Gasteiger partial charge on any atom is 0.0846 e. The van der Waals surface area contributed by atoms with Gasteiger partial charge < -0.3 is 10.8 Å². The number of thioether (sulfide) groups is 1. The van der Waals surface area contributed by atoms with Crippen molar-refractivity contribution in [2.45, 2.75) is 64.4 Å². The lowest BCUT2D eigenvalue weighted by molar-refractivity contribution is 0.0833. The van der Waals surface area contributed by atoms with Crippen LogP contribution in [-0.2, 0) is 5.41 Å². The van der Waals surface area contributed by atoms with Crippen LogP contribution in [0.25, 0.3) is 6.08 Å². The highest BCUT2D eigenvalue weighted by Gasteiger charge is 2.31. The van der Waals surface area contributed by atoms with E-state index in [0.717, 1.165) is 48.4 Å². The fourth-order valence-corrected chi connectivity index (χ4v) is 5.70. The van der Waals surface area contributed by atoms with Gasteiger partial charge in [-0.1, -0.05) is 56.3 Å². The van der Waals surface area contributed by atoms with Gasteiger partial charge in [0, 0.05) is 11.1 Å². The molecule has 0 spiro atoms. The Bertz CT molecular complexity index is 876. The Hall–Kier alpha value is -1.71. The third-order valence-corrected chi connectivity index (χ3v) is 7.77. The average Bonchev–Trinajstić information content (AvgIpc) is 2.72. The molecule has 1 saturated heterocycles. The van der Waals surface area contributed by atoms with Gasteiger partial charge in [-0.3, -0.25) is 0 Å². The van der Waals surface area contributed by atoms with E-state index in [4.69, 9.17) is 5.73 Å². The van der Waals surface area contributed by atoms with Crippen LogP contribution in [0.3, 0.4) is 0 Å². The van der Waals surface area contributed by atoms with E-state index < -0.39 is 5.60 Å². The minimum atomic E-state index is -0.644. The highest BCUT2D eigenvalue weighted by Crippen LogP contribution is 2.40. The van der Waals surface area contributed by atoms with Gasteiger partial charge in [-0.15, -0.1) is 0 Å². The quantitative estimate of drug-likeness (QED) is 0.553. The predicted octanol–water partition coefficient (Wildman–Crippen LogP) is 6.26. The Morgan fingerprint density at radius 2 is 1.59 bits per heavy atom.